The van der Waals surface area contributed by atoms with Gasteiger partial charge in [0.25, 0.3) is 0 Å². The number of rotatable bonds is 8. The highest BCUT2D eigenvalue weighted by Gasteiger charge is 2.09. The zero-order valence-electron chi connectivity index (χ0n) is 9.90. The van der Waals surface area contributed by atoms with E-state index in [1.54, 1.807) is 6.92 Å². The van der Waals surface area contributed by atoms with Gasteiger partial charge in [-0.3, -0.25) is 9.59 Å². The molecule has 94 valence electrons. The minimum atomic E-state index is -0.831. The molecule has 0 aromatic heterocycles. The van der Waals surface area contributed by atoms with Crippen molar-refractivity contribution in [3.8, 4) is 0 Å². The molecule has 0 radical (unpaired) electrons. The largest absolute Gasteiger partial charge is 0.481 e. The van der Waals surface area contributed by atoms with Crippen LogP contribution in [0.25, 0.3) is 0 Å². The number of unbranched alkanes of at least 4 members (excludes halogenated alkanes) is 1. The monoisotopic (exact) mass is 231 g/mol. The van der Waals surface area contributed by atoms with Gasteiger partial charge in [-0.05, 0) is 33.1 Å². The minimum absolute atomic E-state index is 0.0491. The number of hydrogen-bond acceptors (Lipinski definition) is 3. The summed E-state index contributed by atoms with van der Waals surface area (Å²) in [6, 6.07) is -0.0491. The normalized spacial score (nSPS) is 14.2. The first-order chi connectivity index (χ1) is 7.41. The Bertz CT molecular complexity index is 228. The lowest BCUT2D eigenvalue weighted by Gasteiger charge is -2.15. The summed E-state index contributed by atoms with van der Waals surface area (Å²) in [5.74, 6) is -0.915. The molecule has 0 aliphatic rings. The first-order valence-corrected chi connectivity index (χ1v) is 5.61. The van der Waals surface area contributed by atoms with Gasteiger partial charge in [-0.15, -0.1) is 0 Å². The van der Waals surface area contributed by atoms with Gasteiger partial charge in [0.2, 0.25) is 5.91 Å². The third kappa shape index (κ3) is 9.45. The van der Waals surface area contributed by atoms with Crippen LogP contribution in [0, 0.1) is 0 Å². The van der Waals surface area contributed by atoms with E-state index in [9.17, 15) is 9.59 Å². The number of nitrogens with one attached hydrogen (secondary N) is 1. The summed E-state index contributed by atoms with van der Waals surface area (Å²) in [7, 11) is 0. The van der Waals surface area contributed by atoms with Crippen molar-refractivity contribution < 1.29 is 19.8 Å². The molecular formula is C11H21NO4. The molecule has 0 rings (SSSR count). The molecule has 16 heavy (non-hydrogen) atoms. The first-order valence-electron chi connectivity index (χ1n) is 5.61. The average molecular weight is 231 g/mol. The molecule has 0 heterocycles. The van der Waals surface area contributed by atoms with Crippen molar-refractivity contribution in [1.29, 1.82) is 0 Å². The van der Waals surface area contributed by atoms with E-state index in [1.165, 1.54) is 0 Å². The van der Waals surface area contributed by atoms with Gasteiger partial charge < -0.3 is 15.5 Å². The number of aliphatic hydroxyl groups is 1. The van der Waals surface area contributed by atoms with Crippen LogP contribution in [0.2, 0.25) is 0 Å². The predicted molar refractivity (Wildman–Crippen MR) is 60.0 cm³/mol. The van der Waals surface area contributed by atoms with E-state index < -0.39 is 12.1 Å². The van der Waals surface area contributed by atoms with Crippen molar-refractivity contribution >= 4 is 11.9 Å². The topological polar surface area (TPSA) is 86.6 Å². The Morgan fingerprint density at radius 2 is 1.75 bits per heavy atom. The highest BCUT2D eigenvalue weighted by Crippen LogP contribution is 2.02. The average Bonchev–Trinajstić information content (AvgIpc) is 2.10. The lowest BCUT2D eigenvalue weighted by molar-refractivity contribution is -0.137. The molecule has 0 aliphatic heterocycles. The fourth-order valence-corrected chi connectivity index (χ4v) is 1.48. The van der Waals surface area contributed by atoms with Crippen LogP contribution in [0.1, 0.15) is 46.0 Å². The number of carbonyl (C=O) groups is 2. The van der Waals surface area contributed by atoms with Crippen LogP contribution in [0.15, 0.2) is 0 Å². The number of carbonyl (C=O) groups excluding carboxylic acids is 1. The minimum Gasteiger partial charge on any atom is -0.481 e. The van der Waals surface area contributed by atoms with Gasteiger partial charge in [-0.2, -0.15) is 0 Å². The number of amides is 1. The van der Waals surface area contributed by atoms with Crippen molar-refractivity contribution in [2.45, 2.75) is 58.1 Å². The molecule has 0 aromatic carbocycles. The summed E-state index contributed by atoms with van der Waals surface area (Å²) in [5.41, 5.74) is 0. The quantitative estimate of drug-likeness (QED) is 0.542. The Morgan fingerprint density at radius 1 is 1.19 bits per heavy atom. The van der Waals surface area contributed by atoms with Crippen molar-refractivity contribution in [2.24, 2.45) is 0 Å². The molecule has 0 fully saturated rings. The fourth-order valence-electron chi connectivity index (χ4n) is 1.48. The van der Waals surface area contributed by atoms with E-state index in [4.69, 9.17) is 10.2 Å². The second kappa shape index (κ2) is 8.10. The SMILES string of the molecule is CC(O)CC(C)NC(=O)CCCCC(=O)O. The predicted octanol–water partition coefficient (Wildman–Crippen LogP) is 0.907. The molecular weight excluding hydrogens is 210 g/mol. The number of hydrogen-bond donors (Lipinski definition) is 3. The smallest absolute Gasteiger partial charge is 0.303 e. The van der Waals surface area contributed by atoms with Crippen molar-refractivity contribution in [3.63, 3.8) is 0 Å². The van der Waals surface area contributed by atoms with Crippen LogP contribution in [-0.2, 0) is 9.59 Å². The van der Waals surface area contributed by atoms with Crippen LogP contribution >= 0.6 is 0 Å². The zero-order valence-corrected chi connectivity index (χ0v) is 9.90. The van der Waals surface area contributed by atoms with Gasteiger partial charge >= 0.3 is 5.97 Å². The lowest BCUT2D eigenvalue weighted by Crippen LogP contribution is -2.34. The summed E-state index contributed by atoms with van der Waals surface area (Å²) in [6.07, 6.45) is 1.66. The third-order valence-electron chi connectivity index (χ3n) is 2.15. The van der Waals surface area contributed by atoms with Crippen LogP contribution < -0.4 is 5.32 Å². The molecule has 0 spiro atoms. The second-order valence-corrected chi connectivity index (χ2v) is 4.15. The van der Waals surface area contributed by atoms with E-state index in [2.05, 4.69) is 5.32 Å². The molecule has 0 saturated heterocycles. The van der Waals surface area contributed by atoms with Crippen molar-refractivity contribution in [3.05, 3.63) is 0 Å². The maximum absolute atomic E-state index is 11.3. The van der Waals surface area contributed by atoms with Crippen molar-refractivity contribution in [1.82, 2.24) is 5.32 Å². The Balaban J connectivity index is 3.54. The van der Waals surface area contributed by atoms with Gasteiger partial charge in [0, 0.05) is 18.9 Å². The molecule has 2 unspecified atom stereocenters. The number of aliphatic hydroxyl groups excluding tert-OH is 1. The highest BCUT2D eigenvalue weighted by atomic mass is 16.4. The van der Waals surface area contributed by atoms with E-state index in [0.29, 0.717) is 25.7 Å². The van der Waals surface area contributed by atoms with E-state index in [-0.39, 0.29) is 18.4 Å². The Kier molecular flexibility index (Phi) is 7.54. The maximum Gasteiger partial charge on any atom is 0.303 e. The second-order valence-electron chi connectivity index (χ2n) is 4.15. The van der Waals surface area contributed by atoms with E-state index in [0.717, 1.165) is 0 Å². The Morgan fingerprint density at radius 3 is 2.25 bits per heavy atom. The Labute approximate surface area is 95.9 Å². The zero-order chi connectivity index (χ0) is 12.6. The summed E-state index contributed by atoms with van der Waals surface area (Å²) < 4.78 is 0. The van der Waals surface area contributed by atoms with Crippen LogP contribution in [0.3, 0.4) is 0 Å². The van der Waals surface area contributed by atoms with Gasteiger partial charge in [-0.1, -0.05) is 0 Å². The summed E-state index contributed by atoms with van der Waals surface area (Å²) in [6.45, 7) is 3.51. The number of carboxylic acid groups (broad SMARTS) is 1. The maximum atomic E-state index is 11.3. The van der Waals surface area contributed by atoms with Crippen LogP contribution in [0.5, 0.6) is 0 Å². The third-order valence-corrected chi connectivity index (χ3v) is 2.15. The number of carboxylic acids is 1. The summed E-state index contributed by atoms with van der Waals surface area (Å²) in [5, 5.41) is 20.2. The lowest BCUT2D eigenvalue weighted by atomic mass is 10.1. The fraction of sp³-hybridized carbons (Fsp3) is 0.818. The molecule has 1 amide bonds. The molecule has 5 nitrogen and oxygen atoms in total. The molecule has 2 atom stereocenters. The molecule has 0 bridgehead atoms. The molecule has 0 aromatic rings. The summed E-state index contributed by atoms with van der Waals surface area (Å²) in [4.78, 5) is 21.6. The van der Waals surface area contributed by atoms with Gasteiger partial charge in [-0.25, -0.2) is 0 Å². The van der Waals surface area contributed by atoms with Crippen molar-refractivity contribution in [2.75, 3.05) is 0 Å². The molecule has 3 N–H and O–H groups in total. The highest BCUT2D eigenvalue weighted by molar-refractivity contribution is 5.76. The van der Waals surface area contributed by atoms with Crippen LogP contribution in [0.4, 0.5) is 0 Å². The molecule has 0 aliphatic carbocycles. The van der Waals surface area contributed by atoms with E-state index in [1.807, 2.05) is 6.92 Å². The Hall–Kier alpha value is -1.10. The molecule has 0 saturated carbocycles. The van der Waals surface area contributed by atoms with Gasteiger partial charge in [0.05, 0.1) is 6.10 Å². The standard InChI is InChI=1S/C11H21NO4/c1-8(7-9(2)13)12-10(14)5-3-4-6-11(15)16/h8-9,13H,3-7H2,1-2H3,(H,12,14)(H,15,16). The first kappa shape index (κ1) is 14.9. The van der Waals surface area contributed by atoms with Gasteiger partial charge in [0.15, 0.2) is 0 Å². The number of aliphatic carboxylic acids is 1. The van der Waals surface area contributed by atoms with Gasteiger partial charge in [0.1, 0.15) is 0 Å². The molecule has 5 heteroatoms. The van der Waals surface area contributed by atoms with E-state index >= 15 is 0 Å². The van der Waals surface area contributed by atoms with Crippen LogP contribution in [-0.4, -0.2) is 34.2 Å². The summed E-state index contributed by atoms with van der Waals surface area (Å²) >= 11 is 0.